The van der Waals surface area contributed by atoms with Crippen molar-refractivity contribution in [2.24, 2.45) is 27.2 Å². The molecule has 0 aromatic heterocycles. The maximum Gasteiger partial charge on any atom is 0.223 e. The Kier molecular flexibility index (Phi) is 5.08. The third-order valence-corrected chi connectivity index (χ3v) is 4.02. The van der Waals surface area contributed by atoms with E-state index in [-0.39, 0.29) is 23.4 Å². The summed E-state index contributed by atoms with van der Waals surface area (Å²) in [6.45, 7) is 0.803. The zero-order valence-electron chi connectivity index (χ0n) is 13.6. The van der Waals surface area contributed by atoms with Gasteiger partial charge in [-0.3, -0.25) is 4.79 Å². The Labute approximate surface area is 157 Å². The fourth-order valence-electron chi connectivity index (χ4n) is 2.39. The second kappa shape index (κ2) is 7.44. The minimum absolute atomic E-state index is 0.175. The molecule has 0 radical (unpaired) electrons. The van der Waals surface area contributed by atoms with Crippen LogP contribution in [0.15, 0.2) is 50.9 Å². The summed E-state index contributed by atoms with van der Waals surface area (Å²) in [5.74, 6) is 0.290. The zero-order valence-corrected chi connectivity index (χ0v) is 15.2. The number of ether oxygens (including phenoxy) is 2. The summed E-state index contributed by atoms with van der Waals surface area (Å²) in [6.07, 6.45) is 0. The van der Waals surface area contributed by atoms with Crippen molar-refractivity contribution in [3.05, 3.63) is 52.0 Å². The number of nitrogens with two attached hydrogens (primary N) is 3. The lowest BCUT2D eigenvalue weighted by Gasteiger charge is -2.20. The number of rotatable bonds is 3. The van der Waals surface area contributed by atoms with Crippen LogP contribution in [0.3, 0.4) is 0 Å². The van der Waals surface area contributed by atoms with Crippen molar-refractivity contribution < 1.29 is 14.3 Å². The molecular formula is C17H16BrN5O3. The minimum Gasteiger partial charge on any atom is -0.486 e. The third kappa shape index (κ3) is 3.94. The summed E-state index contributed by atoms with van der Waals surface area (Å²) in [5.41, 5.74) is 17.4. The van der Waals surface area contributed by atoms with Gasteiger partial charge in [-0.2, -0.15) is 4.99 Å². The van der Waals surface area contributed by atoms with Gasteiger partial charge in [0, 0.05) is 16.1 Å². The van der Waals surface area contributed by atoms with Crippen molar-refractivity contribution in [3.63, 3.8) is 0 Å². The van der Waals surface area contributed by atoms with Crippen LogP contribution in [0.2, 0.25) is 0 Å². The van der Waals surface area contributed by atoms with Crippen LogP contribution in [0, 0.1) is 0 Å². The number of fused-ring (bicyclic) bond motifs is 1. The van der Waals surface area contributed by atoms with Gasteiger partial charge in [0.05, 0.1) is 11.3 Å². The van der Waals surface area contributed by atoms with Crippen LogP contribution in [0.25, 0.3) is 0 Å². The number of carbonyl (C=O) groups excluding carboxylic acids is 1. The Morgan fingerprint density at radius 3 is 2.23 bits per heavy atom. The lowest BCUT2D eigenvalue weighted by Crippen LogP contribution is -2.26. The summed E-state index contributed by atoms with van der Waals surface area (Å²) in [5, 5.41) is 0. The lowest BCUT2D eigenvalue weighted by atomic mass is 10.0. The first-order valence-electron chi connectivity index (χ1n) is 7.62. The Morgan fingerprint density at radius 1 is 1.00 bits per heavy atom. The molecule has 2 aromatic carbocycles. The summed E-state index contributed by atoms with van der Waals surface area (Å²) in [7, 11) is 0. The van der Waals surface area contributed by atoms with Gasteiger partial charge in [-0.05, 0) is 30.3 Å². The largest absolute Gasteiger partial charge is 0.486 e. The molecule has 134 valence electrons. The molecule has 0 saturated heterocycles. The number of halogens is 1. The number of benzene rings is 2. The molecule has 0 aliphatic carbocycles. The van der Waals surface area contributed by atoms with Crippen molar-refractivity contribution in [1.29, 1.82) is 0 Å². The fourth-order valence-corrected chi connectivity index (χ4v) is 2.65. The molecule has 8 nitrogen and oxygen atoms in total. The number of aliphatic imine (C=N–C) groups is 2. The zero-order chi connectivity index (χ0) is 18.7. The summed E-state index contributed by atoms with van der Waals surface area (Å²) < 4.78 is 12.0. The number of ketones is 1. The average Bonchev–Trinajstić information content (AvgIpc) is 2.60. The molecule has 0 unspecified atom stereocenters. The molecule has 0 saturated carbocycles. The maximum atomic E-state index is 13.0. The first kappa shape index (κ1) is 17.7. The van der Waals surface area contributed by atoms with E-state index in [1.807, 2.05) is 0 Å². The van der Waals surface area contributed by atoms with Crippen molar-refractivity contribution in [2.45, 2.75) is 0 Å². The molecule has 3 rings (SSSR count). The van der Waals surface area contributed by atoms with E-state index >= 15 is 0 Å². The Hall–Kier alpha value is -3.07. The molecule has 0 fully saturated rings. The standard InChI is InChI=1S/C17H16BrN5O3/c18-10-3-1-9(2-4-10)15(24)11-7-13-14(26-6-5-25-13)8-12(11)22-17(21)23-16(19)20/h1-4,7-8H,5-6H2,(H6,19,20,21,22,23). The van der Waals surface area contributed by atoms with E-state index in [9.17, 15) is 4.79 Å². The first-order valence-corrected chi connectivity index (χ1v) is 8.41. The van der Waals surface area contributed by atoms with Crippen LogP contribution < -0.4 is 26.7 Å². The number of carbonyl (C=O) groups is 1. The topological polar surface area (TPSA) is 138 Å². The van der Waals surface area contributed by atoms with Crippen LogP contribution in [0.4, 0.5) is 5.69 Å². The minimum atomic E-state index is -0.245. The highest BCUT2D eigenvalue weighted by atomic mass is 79.9. The van der Waals surface area contributed by atoms with Crippen LogP contribution in [-0.2, 0) is 0 Å². The lowest BCUT2D eigenvalue weighted by molar-refractivity contribution is 0.103. The van der Waals surface area contributed by atoms with Crippen molar-refractivity contribution in [1.82, 2.24) is 0 Å². The normalized spacial score (nSPS) is 13.2. The highest BCUT2D eigenvalue weighted by Gasteiger charge is 2.21. The van der Waals surface area contributed by atoms with Gasteiger partial charge < -0.3 is 26.7 Å². The van der Waals surface area contributed by atoms with Crippen LogP contribution in [0.1, 0.15) is 15.9 Å². The van der Waals surface area contributed by atoms with E-state index < -0.39 is 0 Å². The third-order valence-electron chi connectivity index (χ3n) is 3.49. The summed E-state index contributed by atoms with van der Waals surface area (Å²) in [6, 6.07) is 10.1. The highest BCUT2D eigenvalue weighted by molar-refractivity contribution is 9.10. The number of hydrogen-bond donors (Lipinski definition) is 3. The smallest absolute Gasteiger partial charge is 0.223 e. The number of nitrogens with zero attached hydrogens (tertiary/aromatic N) is 2. The van der Waals surface area contributed by atoms with E-state index in [4.69, 9.17) is 26.7 Å². The number of guanidine groups is 2. The second-order valence-electron chi connectivity index (χ2n) is 5.36. The van der Waals surface area contributed by atoms with E-state index in [0.717, 1.165) is 4.47 Å². The quantitative estimate of drug-likeness (QED) is 0.394. The summed E-state index contributed by atoms with van der Waals surface area (Å²) in [4.78, 5) is 20.8. The molecular weight excluding hydrogens is 402 g/mol. The molecule has 1 aliphatic rings. The first-order chi connectivity index (χ1) is 12.4. The second-order valence-corrected chi connectivity index (χ2v) is 6.27. The predicted molar refractivity (Wildman–Crippen MR) is 102 cm³/mol. The molecule has 2 aromatic rings. The van der Waals surface area contributed by atoms with Gasteiger partial charge in [0.25, 0.3) is 0 Å². The van der Waals surface area contributed by atoms with Crippen molar-refractivity contribution in [2.75, 3.05) is 13.2 Å². The Morgan fingerprint density at radius 2 is 1.62 bits per heavy atom. The molecule has 26 heavy (non-hydrogen) atoms. The van der Waals surface area contributed by atoms with Gasteiger partial charge in [-0.1, -0.05) is 15.9 Å². The van der Waals surface area contributed by atoms with Crippen molar-refractivity contribution in [3.8, 4) is 11.5 Å². The van der Waals surface area contributed by atoms with Gasteiger partial charge in [0.2, 0.25) is 5.96 Å². The molecule has 0 bridgehead atoms. The van der Waals surface area contributed by atoms with Crippen molar-refractivity contribution >= 4 is 39.3 Å². The SMILES string of the molecule is NC(N)=NC(N)=Nc1cc2c(cc1C(=O)c1ccc(Br)cc1)OCCO2. The number of hydrogen-bond acceptors (Lipinski definition) is 4. The van der Waals surface area contributed by atoms with Gasteiger partial charge >= 0.3 is 0 Å². The van der Waals surface area contributed by atoms with E-state index in [0.29, 0.717) is 35.8 Å². The predicted octanol–water partition coefficient (Wildman–Crippen LogP) is 1.67. The molecule has 0 amide bonds. The van der Waals surface area contributed by atoms with Gasteiger partial charge in [-0.15, -0.1) is 0 Å². The molecule has 6 N–H and O–H groups in total. The van der Waals surface area contributed by atoms with Crippen LogP contribution >= 0.6 is 15.9 Å². The Balaban J connectivity index is 2.10. The van der Waals surface area contributed by atoms with E-state index in [1.54, 1.807) is 36.4 Å². The van der Waals surface area contributed by atoms with E-state index in [1.165, 1.54) is 0 Å². The average molecular weight is 418 g/mol. The van der Waals surface area contributed by atoms with Gasteiger partial charge in [0.1, 0.15) is 13.2 Å². The molecule has 0 spiro atoms. The highest BCUT2D eigenvalue weighted by Crippen LogP contribution is 2.38. The maximum absolute atomic E-state index is 13.0. The monoisotopic (exact) mass is 417 g/mol. The molecule has 1 heterocycles. The van der Waals surface area contributed by atoms with Gasteiger partial charge in [0.15, 0.2) is 23.2 Å². The van der Waals surface area contributed by atoms with E-state index in [2.05, 4.69) is 25.9 Å². The summed E-state index contributed by atoms with van der Waals surface area (Å²) >= 11 is 3.35. The molecule has 1 aliphatic heterocycles. The van der Waals surface area contributed by atoms with Gasteiger partial charge in [-0.25, -0.2) is 4.99 Å². The fraction of sp³-hybridized carbons (Fsp3) is 0.118. The molecule has 0 atom stereocenters. The van der Waals surface area contributed by atoms with Crippen LogP contribution in [-0.4, -0.2) is 30.9 Å². The molecule has 9 heteroatoms. The van der Waals surface area contributed by atoms with Crippen LogP contribution in [0.5, 0.6) is 11.5 Å². The Bertz CT molecular complexity index is 905.